The maximum absolute atomic E-state index is 3.42. The third-order valence-electron chi connectivity index (χ3n) is 6.18. The van der Waals surface area contributed by atoms with E-state index in [0.717, 1.165) is 5.39 Å². The zero-order valence-corrected chi connectivity index (χ0v) is 17.3. The summed E-state index contributed by atoms with van der Waals surface area (Å²) in [6, 6.07) is 43.6. The average Bonchev–Trinajstić information content (AvgIpc) is 2.83. The molecule has 6 aromatic carbocycles. The lowest BCUT2D eigenvalue weighted by Crippen LogP contribution is -1.90. The summed E-state index contributed by atoms with van der Waals surface area (Å²) in [5.41, 5.74) is 6.20. The predicted molar refractivity (Wildman–Crippen MR) is 132 cm³/mol. The fraction of sp³-hybridized carbons (Fsp3) is 0.0323. The number of hydrogen-bond acceptors (Lipinski definition) is 0. The first-order chi connectivity index (χ1) is 15.3. The lowest BCUT2D eigenvalue weighted by atomic mass is 9.86. The van der Waals surface area contributed by atoms with Crippen molar-refractivity contribution in [1.82, 2.24) is 0 Å². The largest absolute Gasteiger partial charge is 0.0695 e. The van der Waals surface area contributed by atoms with Crippen LogP contribution in [-0.4, -0.2) is 0 Å². The van der Waals surface area contributed by atoms with Crippen LogP contribution >= 0.6 is 0 Å². The van der Waals surface area contributed by atoms with E-state index in [2.05, 4.69) is 116 Å². The van der Waals surface area contributed by atoms with Gasteiger partial charge in [-0.1, -0.05) is 103 Å². The molecule has 0 bridgehead atoms. The Bertz CT molecular complexity index is 1570. The molecule has 0 atom stereocenters. The number of aryl methyl sites for hydroxylation is 1. The normalized spacial score (nSPS) is 11.1. The molecule has 0 amide bonds. The zero-order chi connectivity index (χ0) is 20.8. The highest BCUT2D eigenvalue weighted by atomic mass is 14.2. The van der Waals surface area contributed by atoms with Crippen LogP contribution in [0.1, 0.15) is 5.56 Å². The molecule has 0 heteroatoms. The second-order valence-corrected chi connectivity index (χ2v) is 8.11. The minimum atomic E-state index is 1.12. The molecule has 0 radical (unpaired) electrons. The van der Waals surface area contributed by atoms with Gasteiger partial charge in [-0.3, -0.25) is 0 Å². The molecule has 0 N–H and O–H groups in total. The van der Waals surface area contributed by atoms with Crippen LogP contribution < -0.4 is 0 Å². The van der Waals surface area contributed by atoms with Gasteiger partial charge in [0.15, 0.2) is 0 Å². The van der Waals surface area contributed by atoms with Crippen molar-refractivity contribution in [3.05, 3.63) is 121 Å². The molecule has 0 aliphatic rings. The van der Waals surface area contributed by atoms with Crippen LogP contribution in [0, 0.1) is 19.1 Å². The molecule has 0 aliphatic carbocycles. The van der Waals surface area contributed by atoms with Gasteiger partial charge in [-0.2, -0.15) is 0 Å². The lowest BCUT2D eigenvalue weighted by Gasteiger charge is -2.16. The van der Waals surface area contributed by atoms with Crippen LogP contribution in [0.25, 0.3) is 54.6 Å². The summed E-state index contributed by atoms with van der Waals surface area (Å²) in [7, 11) is 0. The van der Waals surface area contributed by atoms with Crippen molar-refractivity contribution >= 4 is 32.3 Å². The summed E-state index contributed by atoms with van der Waals surface area (Å²) in [5, 5.41) is 7.35. The first kappa shape index (κ1) is 17.8. The second-order valence-electron chi connectivity index (χ2n) is 8.11. The predicted octanol–water partition coefficient (Wildman–Crippen LogP) is 8.39. The Morgan fingerprint density at radius 2 is 1.32 bits per heavy atom. The molecule has 6 rings (SSSR count). The van der Waals surface area contributed by atoms with Gasteiger partial charge in [0.05, 0.1) is 0 Å². The maximum Gasteiger partial charge on any atom is 0.0406 e. The Hall–Kier alpha value is -4.08. The summed E-state index contributed by atoms with van der Waals surface area (Å²) in [6.45, 7) is 2.13. The highest BCUT2D eigenvalue weighted by Crippen LogP contribution is 2.42. The quantitative estimate of drug-likeness (QED) is 0.277. The topological polar surface area (TPSA) is 0 Å². The third kappa shape index (κ3) is 2.87. The molecule has 0 aromatic heterocycles. The van der Waals surface area contributed by atoms with E-state index < -0.39 is 0 Å². The van der Waals surface area contributed by atoms with Crippen LogP contribution in [0.4, 0.5) is 0 Å². The van der Waals surface area contributed by atoms with E-state index in [-0.39, 0.29) is 0 Å². The van der Waals surface area contributed by atoms with E-state index in [1.165, 1.54) is 54.7 Å². The molecule has 0 spiro atoms. The molecule has 6 aromatic rings. The standard InChI is InChI=1S/C31H20/c1-21-14-16-23(17-15-21)31-26-11-5-2-8-22(26)18-19-29(31)30-20-24-9-3-4-10-25(24)27-12-6-7-13-28(27)30/h2-6,8-12,14-20H,1H3. The molecule has 0 saturated heterocycles. The smallest absolute Gasteiger partial charge is 0.0406 e. The molecule has 0 fully saturated rings. The van der Waals surface area contributed by atoms with E-state index in [1.807, 2.05) is 6.07 Å². The molecular formula is C31H20. The van der Waals surface area contributed by atoms with E-state index in [1.54, 1.807) is 0 Å². The SMILES string of the molecule is Cc1ccc(-c2c(-c3cc4ccccc4c4ccc#cc34)ccc3ccccc23)cc1. The lowest BCUT2D eigenvalue weighted by molar-refractivity contribution is 1.47. The van der Waals surface area contributed by atoms with Crippen LogP contribution in [0.5, 0.6) is 0 Å². The van der Waals surface area contributed by atoms with Gasteiger partial charge in [0.2, 0.25) is 0 Å². The van der Waals surface area contributed by atoms with Crippen LogP contribution in [-0.2, 0) is 0 Å². The molecule has 0 unspecified atom stereocenters. The molecule has 144 valence electrons. The van der Waals surface area contributed by atoms with Gasteiger partial charge < -0.3 is 0 Å². The van der Waals surface area contributed by atoms with Gasteiger partial charge in [0, 0.05) is 5.39 Å². The van der Waals surface area contributed by atoms with Crippen molar-refractivity contribution in [2.45, 2.75) is 6.92 Å². The van der Waals surface area contributed by atoms with E-state index in [9.17, 15) is 0 Å². The highest BCUT2D eigenvalue weighted by molar-refractivity contribution is 6.16. The first-order valence-corrected chi connectivity index (χ1v) is 10.6. The number of benzene rings is 5. The third-order valence-corrected chi connectivity index (χ3v) is 6.18. The van der Waals surface area contributed by atoms with Gasteiger partial charge in [0.25, 0.3) is 0 Å². The zero-order valence-electron chi connectivity index (χ0n) is 17.3. The summed E-state index contributed by atoms with van der Waals surface area (Å²) in [4.78, 5) is 0. The Morgan fingerprint density at radius 1 is 0.581 bits per heavy atom. The van der Waals surface area contributed by atoms with Gasteiger partial charge in [-0.05, 0) is 74.3 Å². The fourth-order valence-corrected chi connectivity index (χ4v) is 4.66. The van der Waals surface area contributed by atoms with E-state index in [4.69, 9.17) is 0 Å². The van der Waals surface area contributed by atoms with E-state index in [0.29, 0.717) is 0 Å². The molecule has 0 nitrogen and oxygen atoms in total. The minimum Gasteiger partial charge on any atom is -0.0695 e. The van der Waals surface area contributed by atoms with Crippen LogP contribution in [0.15, 0.2) is 103 Å². The van der Waals surface area contributed by atoms with Crippen molar-refractivity contribution < 1.29 is 0 Å². The first-order valence-electron chi connectivity index (χ1n) is 10.6. The van der Waals surface area contributed by atoms with Crippen LogP contribution in [0.3, 0.4) is 0 Å². The average molecular weight is 393 g/mol. The number of fused-ring (bicyclic) bond motifs is 4. The highest BCUT2D eigenvalue weighted by Gasteiger charge is 2.15. The van der Waals surface area contributed by atoms with Gasteiger partial charge in [-0.25, -0.2) is 0 Å². The van der Waals surface area contributed by atoms with Crippen LogP contribution in [0.2, 0.25) is 0 Å². The van der Waals surface area contributed by atoms with Crippen molar-refractivity contribution in [2.75, 3.05) is 0 Å². The number of hydrogen-bond donors (Lipinski definition) is 0. The van der Waals surface area contributed by atoms with Crippen molar-refractivity contribution in [2.24, 2.45) is 0 Å². The maximum atomic E-state index is 3.42. The van der Waals surface area contributed by atoms with Gasteiger partial charge >= 0.3 is 0 Å². The molecule has 0 aliphatic heterocycles. The van der Waals surface area contributed by atoms with Crippen molar-refractivity contribution in [3.63, 3.8) is 0 Å². The van der Waals surface area contributed by atoms with Gasteiger partial charge in [-0.15, -0.1) is 0 Å². The number of rotatable bonds is 2. The molecule has 31 heavy (non-hydrogen) atoms. The molecule has 0 heterocycles. The Morgan fingerprint density at radius 3 is 2.16 bits per heavy atom. The summed E-state index contributed by atoms with van der Waals surface area (Å²) in [5.74, 6) is 0. The minimum absolute atomic E-state index is 1.12. The Kier molecular flexibility index (Phi) is 4.01. The molecular weight excluding hydrogens is 372 g/mol. The fourth-order valence-electron chi connectivity index (χ4n) is 4.66. The summed E-state index contributed by atoms with van der Waals surface area (Å²) < 4.78 is 0. The summed E-state index contributed by atoms with van der Waals surface area (Å²) in [6.07, 6.45) is 0. The Labute approximate surface area is 182 Å². The molecule has 0 saturated carbocycles. The monoisotopic (exact) mass is 392 g/mol. The van der Waals surface area contributed by atoms with Crippen molar-refractivity contribution in [3.8, 4) is 22.3 Å². The van der Waals surface area contributed by atoms with E-state index >= 15 is 0 Å². The van der Waals surface area contributed by atoms with Crippen molar-refractivity contribution in [1.29, 1.82) is 0 Å². The Balaban J connectivity index is 1.77. The summed E-state index contributed by atoms with van der Waals surface area (Å²) >= 11 is 0. The second kappa shape index (κ2) is 7.01. The van der Waals surface area contributed by atoms with Gasteiger partial charge in [0.1, 0.15) is 0 Å².